The van der Waals surface area contributed by atoms with Gasteiger partial charge in [-0.15, -0.1) is 0 Å². The molecule has 0 saturated heterocycles. The molecule has 1 aromatic carbocycles. The van der Waals surface area contributed by atoms with Crippen LogP contribution in [0.2, 0.25) is 5.02 Å². The third-order valence-electron chi connectivity index (χ3n) is 3.57. The van der Waals surface area contributed by atoms with Crippen LogP contribution in [0.15, 0.2) is 22.7 Å². The van der Waals surface area contributed by atoms with E-state index < -0.39 is 0 Å². The topological polar surface area (TPSA) is 39.1 Å². The predicted molar refractivity (Wildman–Crippen MR) is 89.2 cm³/mol. The fourth-order valence-electron chi connectivity index (χ4n) is 2.44. The molecule has 0 saturated carbocycles. The van der Waals surface area contributed by atoms with Crippen LogP contribution in [0, 0.1) is 6.92 Å². The molecule has 0 aliphatic rings. The summed E-state index contributed by atoms with van der Waals surface area (Å²) in [7, 11) is 5.56. The van der Waals surface area contributed by atoms with Gasteiger partial charge in [0.05, 0.1) is 23.0 Å². The highest BCUT2D eigenvalue weighted by atomic mass is 79.9. The minimum Gasteiger partial charge on any atom is -0.496 e. The molecule has 1 atom stereocenters. The quantitative estimate of drug-likeness (QED) is 0.870. The minimum absolute atomic E-state index is 0.0877. The summed E-state index contributed by atoms with van der Waals surface area (Å²) in [5.41, 5.74) is 3.16. The van der Waals surface area contributed by atoms with E-state index in [0.29, 0.717) is 5.02 Å². The third-order valence-corrected chi connectivity index (χ3v) is 4.84. The van der Waals surface area contributed by atoms with Crippen LogP contribution in [-0.4, -0.2) is 23.9 Å². The van der Waals surface area contributed by atoms with E-state index in [1.54, 1.807) is 7.11 Å². The SMILES string of the molecule is CNC(Cc1c(Br)c(C)nn1C)c1cc(Cl)ccc1OC. The van der Waals surface area contributed by atoms with Crippen molar-refractivity contribution in [3.8, 4) is 5.75 Å². The summed E-state index contributed by atoms with van der Waals surface area (Å²) in [5.74, 6) is 0.828. The summed E-state index contributed by atoms with van der Waals surface area (Å²) in [6, 6.07) is 5.76. The maximum Gasteiger partial charge on any atom is 0.123 e. The first-order chi connectivity index (χ1) is 9.97. The van der Waals surface area contributed by atoms with E-state index in [2.05, 4.69) is 26.3 Å². The zero-order valence-electron chi connectivity index (χ0n) is 12.6. The monoisotopic (exact) mass is 371 g/mol. The molecule has 0 bridgehead atoms. The lowest BCUT2D eigenvalue weighted by molar-refractivity contribution is 0.400. The van der Waals surface area contributed by atoms with Crippen molar-refractivity contribution in [1.82, 2.24) is 15.1 Å². The molecule has 2 aromatic rings. The third kappa shape index (κ3) is 3.42. The van der Waals surface area contributed by atoms with Crippen LogP contribution in [0.5, 0.6) is 5.75 Å². The molecule has 0 radical (unpaired) electrons. The Morgan fingerprint density at radius 1 is 1.48 bits per heavy atom. The van der Waals surface area contributed by atoms with Gasteiger partial charge in [0.25, 0.3) is 0 Å². The molecule has 1 heterocycles. The number of aromatic nitrogens is 2. The molecule has 114 valence electrons. The number of methoxy groups -OCH3 is 1. The highest BCUT2D eigenvalue weighted by Gasteiger charge is 2.20. The maximum atomic E-state index is 6.13. The van der Waals surface area contributed by atoms with Gasteiger partial charge in [0.2, 0.25) is 0 Å². The number of benzene rings is 1. The van der Waals surface area contributed by atoms with E-state index in [-0.39, 0.29) is 6.04 Å². The van der Waals surface area contributed by atoms with E-state index in [1.807, 2.05) is 43.9 Å². The maximum absolute atomic E-state index is 6.13. The molecule has 1 aromatic heterocycles. The lowest BCUT2D eigenvalue weighted by Crippen LogP contribution is -2.21. The number of hydrogen-bond acceptors (Lipinski definition) is 3. The minimum atomic E-state index is 0.0877. The van der Waals surface area contributed by atoms with E-state index in [9.17, 15) is 0 Å². The Labute approximate surface area is 138 Å². The van der Waals surface area contributed by atoms with E-state index in [1.165, 1.54) is 0 Å². The number of likely N-dealkylation sites (N-methyl/N-ethyl adjacent to an activating group) is 1. The Morgan fingerprint density at radius 2 is 2.19 bits per heavy atom. The van der Waals surface area contributed by atoms with E-state index >= 15 is 0 Å². The molecule has 0 fully saturated rings. The second kappa shape index (κ2) is 6.81. The number of nitrogens with zero attached hydrogens (tertiary/aromatic N) is 2. The molecular weight excluding hydrogens is 354 g/mol. The number of hydrogen-bond donors (Lipinski definition) is 1. The summed E-state index contributed by atoms with van der Waals surface area (Å²) in [6.45, 7) is 1.99. The van der Waals surface area contributed by atoms with Crippen LogP contribution in [0.3, 0.4) is 0 Å². The van der Waals surface area contributed by atoms with Crippen molar-refractivity contribution in [1.29, 1.82) is 0 Å². The van der Waals surface area contributed by atoms with Crippen LogP contribution >= 0.6 is 27.5 Å². The van der Waals surface area contributed by atoms with Gasteiger partial charge < -0.3 is 10.1 Å². The first kappa shape index (κ1) is 16.3. The molecule has 6 heteroatoms. The van der Waals surface area contributed by atoms with Crippen LogP contribution in [0.4, 0.5) is 0 Å². The Hall–Kier alpha value is -1.04. The Morgan fingerprint density at radius 3 is 2.71 bits per heavy atom. The van der Waals surface area contributed by atoms with Gasteiger partial charge in [-0.25, -0.2) is 0 Å². The first-order valence-corrected chi connectivity index (χ1v) is 7.83. The standard InChI is InChI=1S/C15H19BrClN3O/c1-9-15(16)13(20(3)19-9)8-12(18-2)11-7-10(17)5-6-14(11)21-4/h5-7,12,18H,8H2,1-4H3. The molecule has 0 spiro atoms. The Bertz CT molecular complexity index is 642. The fourth-order valence-corrected chi connectivity index (χ4v) is 3.12. The summed E-state index contributed by atoms with van der Waals surface area (Å²) >= 11 is 9.75. The van der Waals surface area contributed by atoms with Crippen LogP contribution in [-0.2, 0) is 13.5 Å². The molecule has 0 aliphatic heterocycles. The van der Waals surface area contributed by atoms with Gasteiger partial charge in [0.15, 0.2) is 0 Å². The van der Waals surface area contributed by atoms with Gasteiger partial charge in [-0.3, -0.25) is 4.68 Å². The lowest BCUT2D eigenvalue weighted by atomic mass is 10.0. The summed E-state index contributed by atoms with van der Waals surface area (Å²) in [6.07, 6.45) is 0.783. The molecule has 1 unspecified atom stereocenters. The zero-order chi connectivity index (χ0) is 15.6. The summed E-state index contributed by atoms with van der Waals surface area (Å²) < 4.78 is 8.40. The van der Waals surface area contributed by atoms with Crippen LogP contribution < -0.4 is 10.1 Å². The van der Waals surface area contributed by atoms with Crippen LogP contribution in [0.1, 0.15) is 23.0 Å². The smallest absolute Gasteiger partial charge is 0.123 e. The molecular formula is C15H19BrClN3O. The summed E-state index contributed by atoms with van der Waals surface area (Å²) in [5, 5.41) is 8.47. The zero-order valence-corrected chi connectivity index (χ0v) is 14.9. The second-order valence-electron chi connectivity index (χ2n) is 4.90. The Kier molecular flexibility index (Phi) is 5.30. The molecule has 2 rings (SSSR count). The van der Waals surface area contributed by atoms with Gasteiger partial charge in [0, 0.05) is 30.1 Å². The van der Waals surface area contributed by atoms with Gasteiger partial charge in [-0.2, -0.15) is 5.10 Å². The molecule has 0 aliphatic carbocycles. The molecule has 21 heavy (non-hydrogen) atoms. The summed E-state index contributed by atoms with van der Waals surface area (Å²) in [4.78, 5) is 0. The van der Waals surface area contributed by atoms with Crippen LogP contribution in [0.25, 0.3) is 0 Å². The fraction of sp³-hybridized carbons (Fsp3) is 0.400. The predicted octanol–water partition coefficient (Wildman–Crippen LogP) is 3.66. The van der Waals surface area contributed by atoms with Gasteiger partial charge in [-0.1, -0.05) is 11.6 Å². The van der Waals surface area contributed by atoms with E-state index in [4.69, 9.17) is 16.3 Å². The van der Waals surface area contributed by atoms with Crippen molar-refractivity contribution in [2.45, 2.75) is 19.4 Å². The largest absolute Gasteiger partial charge is 0.496 e. The Balaban J connectivity index is 2.38. The van der Waals surface area contributed by atoms with Crippen molar-refractivity contribution in [2.24, 2.45) is 7.05 Å². The highest BCUT2D eigenvalue weighted by molar-refractivity contribution is 9.10. The van der Waals surface area contributed by atoms with Crippen molar-refractivity contribution >= 4 is 27.5 Å². The van der Waals surface area contributed by atoms with Gasteiger partial charge in [0.1, 0.15) is 5.75 Å². The van der Waals surface area contributed by atoms with Gasteiger partial charge in [-0.05, 0) is 48.1 Å². The highest BCUT2D eigenvalue weighted by Crippen LogP contribution is 2.32. The average Bonchev–Trinajstić information content (AvgIpc) is 2.70. The number of ether oxygens (including phenoxy) is 1. The van der Waals surface area contributed by atoms with Crippen molar-refractivity contribution in [2.75, 3.05) is 14.2 Å². The van der Waals surface area contributed by atoms with Crippen molar-refractivity contribution in [3.05, 3.63) is 44.6 Å². The normalized spacial score (nSPS) is 12.5. The lowest BCUT2D eigenvalue weighted by Gasteiger charge is -2.20. The van der Waals surface area contributed by atoms with E-state index in [0.717, 1.165) is 33.6 Å². The van der Waals surface area contributed by atoms with Gasteiger partial charge >= 0.3 is 0 Å². The molecule has 1 N–H and O–H groups in total. The van der Waals surface area contributed by atoms with Crippen molar-refractivity contribution < 1.29 is 4.74 Å². The van der Waals surface area contributed by atoms with Crippen molar-refractivity contribution in [3.63, 3.8) is 0 Å². The molecule has 0 amide bonds. The first-order valence-electron chi connectivity index (χ1n) is 6.66. The number of nitrogens with one attached hydrogen (secondary N) is 1. The number of halogens is 2. The number of aryl methyl sites for hydroxylation is 2. The average molecular weight is 373 g/mol. The number of rotatable bonds is 5. The molecule has 4 nitrogen and oxygen atoms in total. The second-order valence-corrected chi connectivity index (χ2v) is 6.13.